The maximum absolute atomic E-state index is 11.6. The molecule has 5 heteroatoms. The van der Waals surface area contributed by atoms with Crippen LogP contribution in [0.25, 0.3) is 0 Å². The van der Waals surface area contributed by atoms with Crippen LogP contribution in [0.2, 0.25) is 0 Å². The topological polar surface area (TPSA) is 75.6 Å². The van der Waals surface area contributed by atoms with Crippen LogP contribution in [-0.4, -0.2) is 35.7 Å². The summed E-state index contributed by atoms with van der Waals surface area (Å²) < 4.78 is 5.07. The molecule has 0 spiro atoms. The zero-order chi connectivity index (χ0) is 10.2. The summed E-state index contributed by atoms with van der Waals surface area (Å²) in [6, 6.07) is 0. The molecule has 0 aromatic rings. The summed E-state index contributed by atoms with van der Waals surface area (Å²) in [5.74, 6) is -1.26. The van der Waals surface area contributed by atoms with Gasteiger partial charge in [-0.3, -0.25) is 4.79 Å². The second-order valence-corrected chi connectivity index (χ2v) is 3.94. The average molecular weight is 199 g/mol. The number of rotatable bonds is 3. The lowest BCUT2D eigenvalue weighted by Crippen LogP contribution is -2.45. The van der Waals surface area contributed by atoms with Crippen molar-refractivity contribution in [2.24, 2.45) is 5.92 Å². The lowest BCUT2D eigenvalue weighted by atomic mass is 10.1. The summed E-state index contributed by atoms with van der Waals surface area (Å²) in [7, 11) is 0. The molecule has 1 saturated heterocycles. The number of amides is 1. The second-order valence-electron chi connectivity index (χ2n) is 3.94. The first-order valence-electron chi connectivity index (χ1n) is 4.77. The zero-order valence-electron chi connectivity index (χ0n) is 7.78. The van der Waals surface area contributed by atoms with E-state index in [2.05, 4.69) is 5.32 Å². The monoisotopic (exact) mass is 199 g/mol. The molecule has 2 N–H and O–H groups in total. The third kappa shape index (κ3) is 1.59. The van der Waals surface area contributed by atoms with Gasteiger partial charge in [-0.2, -0.15) is 0 Å². The summed E-state index contributed by atoms with van der Waals surface area (Å²) in [5, 5.41) is 11.4. The highest BCUT2D eigenvalue weighted by molar-refractivity contribution is 5.90. The molecule has 2 rings (SSSR count). The summed E-state index contributed by atoms with van der Waals surface area (Å²) in [6.07, 6.45) is 1.78. The normalized spacial score (nSPS) is 28.4. The Labute approximate surface area is 81.4 Å². The van der Waals surface area contributed by atoms with E-state index in [9.17, 15) is 9.59 Å². The number of ether oxygens (including phenoxy) is 1. The number of nitrogens with one attached hydrogen (secondary N) is 1. The van der Waals surface area contributed by atoms with E-state index in [1.165, 1.54) is 0 Å². The van der Waals surface area contributed by atoms with Gasteiger partial charge in [-0.15, -0.1) is 0 Å². The minimum Gasteiger partial charge on any atom is -0.480 e. The Kier molecular flexibility index (Phi) is 2.19. The molecule has 0 bridgehead atoms. The number of carbonyl (C=O) groups is 2. The van der Waals surface area contributed by atoms with E-state index in [-0.39, 0.29) is 11.8 Å². The van der Waals surface area contributed by atoms with Crippen molar-refractivity contribution in [3.05, 3.63) is 0 Å². The molecule has 1 aliphatic carbocycles. The predicted octanol–water partition coefficient (Wildman–Crippen LogP) is -0.244. The highest BCUT2D eigenvalue weighted by Crippen LogP contribution is 2.36. The Morgan fingerprint density at radius 3 is 2.57 bits per heavy atom. The maximum atomic E-state index is 11.6. The SMILES string of the molecule is O=C(NC1(C(=O)O)CC1)C1CCOC1. The first kappa shape index (κ1) is 9.45. The first-order valence-corrected chi connectivity index (χ1v) is 4.77. The minimum atomic E-state index is -0.959. The molecule has 0 aromatic carbocycles. The quantitative estimate of drug-likeness (QED) is 0.657. The Morgan fingerprint density at radius 2 is 2.14 bits per heavy atom. The molecule has 0 aromatic heterocycles. The van der Waals surface area contributed by atoms with E-state index in [0.717, 1.165) is 0 Å². The summed E-state index contributed by atoms with van der Waals surface area (Å²) in [5.41, 5.74) is -0.959. The predicted molar refractivity (Wildman–Crippen MR) is 46.7 cm³/mol. The van der Waals surface area contributed by atoms with E-state index in [4.69, 9.17) is 9.84 Å². The summed E-state index contributed by atoms with van der Waals surface area (Å²) in [4.78, 5) is 22.3. The molecule has 1 aliphatic heterocycles. The van der Waals surface area contributed by atoms with E-state index in [1.807, 2.05) is 0 Å². The molecule has 1 saturated carbocycles. The molecule has 78 valence electrons. The van der Waals surface area contributed by atoms with Crippen LogP contribution in [0.15, 0.2) is 0 Å². The molecular weight excluding hydrogens is 186 g/mol. The third-order valence-corrected chi connectivity index (χ3v) is 2.82. The van der Waals surface area contributed by atoms with E-state index in [1.54, 1.807) is 0 Å². The number of aliphatic carboxylic acids is 1. The fourth-order valence-electron chi connectivity index (χ4n) is 1.60. The molecule has 1 amide bonds. The number of carboxylic acid groups (broad SMARTS) is 1. The Bertz CT molecular complexity index is 266. The van der Waals surface area contributed by atoms with Crippen molar-refractivity contribution in [3.63, 3.8) is 0 Å². The minimum absolute atomic E-state index is 0.160. The molecular formula is C9H13NO4. The van der Waals surface area contributed by atoms with Crippen molar-refractivity contribution in [1.29, 1.82) is 0 Å². The highest BCUT2D eigenvalue weighted by atomic mass is 16.5. The van der Waals surface area contributed by atoms with E-state index >= 15 is 0 Å². The van der Waals surface area contributed by atoms with Gasteiger partial charge < -0.3 is 15.2 Å². The Morgan fingerprint density at radius 1 is 1.43 bits per heavy atom. The second kappa shape index (κ2) is 3.24. The Balaban J connectivity index is 1.91. The van der Waals surface area contributed by atoms with Crippen LogP contribution < -0.4 is 5.32 Å². The van der Waals surface area contributed by atoms with Crippen LogP contribution in [0.1, 0.15) is 19.3 Å². The molecule has 0 radical (unpaired) electrons. The first-order chi connectivity index (χ1) is 6.64. The van der Waals surface area contributed by atoms with Crippen LogP contribution in [0.3, 0.4) is 0 Å². The number of carboxylic acids is 1. The largest absolute Gasteiger partial charge is 0.480 e. The van der Waals surface area contributed by atoms with Crippen molar-refractivity contribution in [2.75, 3.05) is 13.2 Å². The van der Waals surface area contributed by atoms with Gasteiger partial charge in [0.15, 0.2) is 0 Å². The van der Waals surface area contributed by atoms with Crippen molar-refractivity contribution >= 4 is 11.9 Å². The van der Waals surface area contributed by atoms with Crippen molar-refractivity contribution in [1.82, 2.24) is 5.32 Å². The highest BCUT2D eigenvalue weighted by Gasteiger charge is 2.52. The number of hydrogen-bond acceptors (Lipinski definition) is 3. The van der Waals surface area contributed by atoms with Crippen LogP contribution in [0.4, 0.5) is 0 Å². The summed E-state index contributed by atoms with van der Waals surface area (Å²) in [6.45, 7) is 1.01. The molecule has 2 aliphatic rings. The molecule has 2 fully saturated rings. The standard InChI is InChI=1S/C9H13NO4/c11-7(6-1-4-14-5-6)10-9(2-3-9)8(12)13/h6H,1-5H2,(H,10,11)(H,12,13). The van der Waals surface area contributed by atoms with Gasteiger partial charge in [0.05, 0.1) is 12.5 Å². The van der Waals surface area contributed by atoms with Crippen LogP contribution >= 0.6 is 0 Å². The van der Waals surface area contributed by atoms with Gasteiger partial charge >= 0.3 is 5.97 Å². The fraction of sp³-hybridized carbons (Fsp3) is 0.778. The lowest BCUT2D eigenvalue weighted by Gasteiger charge is -2.14. The van der Waals surface area contributed by atoms with Gasteiger partial charge in [0.2, 0.25) is 5.91 Å². The van der Waals surface area contributed by atoms with Crippen molar-refractivity contribution < 1.29 is 19.4 Å². The van der Waals surface area contributed by atoms with E-state index in [0.29, 0.717) is 32.5 Å². The van der Waals surface area contributed by atoms with Crippen molar-refractivity contribution in [3.8, 4) is 0 Å². The van der Waals surface area contributed by atoms with Crippen LogP contribution in [0.5, 0.6) is 0 Å². The van der Waals surface area contributed by atoms with Crippen LogP contribution in [0, 0.1) is 5.92 Å². The number of hydrogen-bond donors (Lipinski definition) is 2. The zero-order valence-corrected chi connectivity index (χ0v) is 7.78. The molecule has 5 nitrogen and oxygen atoms in total. The van der Waals surface area contributed by atoms with Gasteiger partial charge in [0.1, 0.15) is 5.54 Å². The molecule has 1 heterocycles. The van der Waals surface area contributed by atoms with Gasteiger partial charge in [0.25, 0.3) is 0 Å². The van der Waals surface area contributed by atoms with Gasteiger partial charge in [-0.1, -0.05) is 0 Å². The Hall–Kier alpha value is -1.10. The van der Waals surface area contributed by atoms with E-state index < -0.39 is 11.5 Å². The molecule has 1 unspecified atom stereocenters. The third-order valence-electron chi connectivity index (χ3n) is 2.82. The molecule has 14 heavy (non-hydrogen) atoms. The molecule has 1 atom stereocenters. The maximum Gasteiger partial charge on any atom is 0.329 e. The average Bonchev–Trinajstić information content (AvgIpc) is 2.74. The lowest BCUT2D eigenvalue weighted by molar-refractivity contribution is -0.143. The van der Waals surface area contributed by atoms with Gasteiger partial charge in [-0.25, -0.2) is 4.79 Å². The fourth-order valence-corrected chi connectivity index (χ4v) is 1.60. The van der Waals surface area contributed by atoms with Gasteiger partial charge in [-0.05, 0) is 19.3 Å². The summed E-state index contributed by atoms with van der Waals surface area (Å²) >= 11 is 0. The van der Waals surface area contributed by atoms with Crippen molar-refractivity contribution in [2.45, 2.75) is 24.8 Å². The van der Waals surface area contributed by atoms with Crippen LogP contribution in [-0.2, 0) is 14.3 Å². The number of carbonyl (C=O) groups excluding carboxylic acids is 1. The smallest absolute Gasteiger partial charge is 0.329 e. The van der Waals surface area contributed by atoms with Gasteiger partial charge in [0, 0.05) is 6.61 Å².